The van der Waals surface area contributed by atoms with Gasteiger partial charge >= 0.3 is 0 Å². The highest BCUT2D eigenvalue weighted by molar-refractivity contribution is 7.89. The first-order chi connectivity index (χ1) is 8.50. The third-order valence-electron chi connectivity index (χ3n) is 2.41. The molecule has 0 aliphatic carbocycles. The van der Waals surface area contributed by atoms with Gasteiger partial charge in [0.05, 0.1) is 12.2 Å². The van der Waals surface area contributed by atoms with E-state index in [0.29, 0.717) is 11.4 Å². The third-order valence-corrected chi connectivity index (χ3v) is 4.03. The number of aromatic amines is 1. The second kappa shape index (κ2) is 4.75. The van der Waals surface area contributed by atoms with E-state index >= 15 is 0 Å². The van der Waals surface area contributed by atoms with Gasteiger partial charge < -0.3 is 5.73 Å². The van der Waals surface area contributed by atoms with Crippen molar-refractivity contribution in [1.29, 1.82) is 0 Å². The molecule has 4 N–H and O–H groups in total. The molecule has 0 amide bonds. The maximum Gasteiger partial charge on any atom is 0.243 e. The minimum absolute atomic E-state index is 0.0378. The molecular weight excluding hydrogens is 254 g/mol. The van der Waals surface area contributed by atoms with Crippen LogP contribution in [0.2, 0.25) is 0 Å². The van der Waals surface area contributed by atoms with Gasteiger partial charge in [-0.2, -0.15) is 5.10 Å². The first-order valence-corrected chi connectivity index (χ1v) is 6.68. The largest absolute Gasteiger partial charge is 0.398 e. The maximum atomic E-state index is 12.1. The zero-order valence-electron chi connectivity index (χ0n) is 9.71. The van der Waals surface area contributed by atoms with Crippen LogP contribution in [0.4, 0.5) is 5.69 Å². The average Bonchev–Trinajstić information content (AvgIpc) is 2.78. The van der Waals surface area contributed by atoms with Crippen molar-refractivity contribution in [2.75, 3.05) is 5.73 Å². The van der Waals surface area contributed by atoms with E-state index in [9.17, 15) is 8.42 Å². The van der Waals surface area contributed by atoms with E-state index in [1.807, 2.05) is 0 Å². The van der Waals surface area contributed by atoms with Crippen LogP contribution in [0.25, 0.3) is 0 Å². The normalized spacial score (nSPS) is 11.6. The van der Waals surface area contributed by atoms with Crippen molar-refractivity contribution in [2.45, 2.75) is 18.4 Å². The Bertz CT molecular complexity index is 616. The first kappa shape index (κ1) is 12.5. The van der Waals surface area contributed by atoms with Gasteiger partial charge in [0, 0.05) is 0 Å². The Balaban J connectivity index is 2.26. The molecule has 1 heterocycles. The van der Waals surface area contributed by atoms with Gasteiger partial charge in [-0.3, -0.25) is 5.10 Å². The van der Waals surface area contributed by atoms with Gasteiger partial charge in [0.25, 0.3) is 0 Å². The number of rotatable bonds is 4. The molecule has 8 heteroatoms. The number of H-pyrrole nitrogens is 1. The molecule has 0 unspecified atom stereocenters. The average molecular weight is 267 g/mol. The van der Waals surface area contributed by atoms with Crippen LogP contribution in [0.15, 0.2) is 29.4 Å². The zero-order chi connectivity index (χ0) is 13.2. The Morgan fingerprint density at radius 3 is 2.83 bits per heavy atom. The summed E-state index contributed by atoms with van der Waals surface area (Å²) in [6, 6.07) is 4.95. The molecule has 0 aliphatic rings. The highest BCUT2D eigenvalue weighted by Crippen LogP contribution is 2.21. The van der Waals surface area contributed by atoms with E-state index < -0.39 is 10.0 Å². The Kier molecular flexibility index (Phi) is 3.30. The summed E-state index contributed by atoms with van der Waals surface area (Å²) in [7, 11) is -3.66. The summed E-state index contributed by atoms with van der Waals surface area (Å²) in [6.07, 6.45) is 1.31. The molecule has 2 aromatic rings. The minimum Gasteiger partial charge on any atom is -0.398 e. The minimum atomic E-state index is -3.66. The summed E-state index contributed by atoms with van der Waals surface area (Å²) in [5, 5.41) is 6.21. The Hall–Kier alpha value is -1.93. The summed E-state index contributed by atoms with van der Waals surface area (Å²) in [5.74, 6) is 0.436. The van der Waals surface area contributed by atoms with Gasteiger partial charge in [-0.25, -0.2) is 18.1 Å². The Morgan fingerprint density at radius 1 is 1.44 bits per heavy atom. The topological polar surface area (TPSA) is 114 Å². The number of benzene rings is 1. The molecule has 18 heavy (non-hydrogen) atoms. The zero-order valence-corrected chi connectivity index (χ0v) is 10.5. The standard InChI is InChI=1S/C10H13N5O2S/c1-7-3-2-4-8(11)10(7)18(16,17)14-5-9-12-6-13-15-9/h2-4,6,14H,5,11H2,1H3,(H,12,13,15). The molecule has 0 aliphatic heterocycles. The second-order valence-electron chi connectivity index (χ2n) is 3.75. The summed E-state index contributed by atoms with van der Waals surface area (Å²) < 4.78 is 26.6. The lowest BCUT2D eigenvalue weighted by Crippen LogP contribution is -2.25. The van der Waals surface area contributed by atoms with Crippen molar-refractivity contribution in [3.63, 3.8) is 0 Å². The lowest BCUT2D eigenvalue weighted by Gasteiger charge is -2.10. The second-order valence-corrected chi connectivity index (χ2v) is 5.45. The van der Waals surface area contributed by atoms with Crippen LogP contribution in [0.3, 0.4) is 0 Å². The van der Waals surface area contributed by atoms with Crippen molar-refractivity contribution >= 4 is 15.7 Å². The predicted octanol–water partition coefficient (Wildman–Crippen LogP) is 0.174. The predicted molar refractivity (Wildman–Crippen MR) is 66.0 cm³/mol. The van der Waals surface area contributed by atoms with E-state index in [0.717, 1.165) is 0 Å². The SMILES string of the molecule is Cc1cccc(N)c1S(=O)(=O)NCc1ncn[nH]1. The van der Waals surface area contributed by atoms with Crippen LogP contribution in [-0.2, 0) is 16.6 Å². The van der Waals surface area contributed by atoms with E-state index in [1.54, 1.807) is 25.1 Å². The van der Waals surface area contributed by atoms with Crippen LogP contribution < -0.4 is 10.5 Å². The van der Waals surface area contributed by atoms with Crippen LogP contribution >= 0.6 is 0 Å². The number of anilines is 1. The number of hydrogen-bond donors (Lipinski definition) is 3. The van der Waals surface area contributed by atoms with E-state index in [-0.39, 0.29) is 17.1 Å². The van der Waals surface area contributed by atoms with E-state index in [4.69, 9.17) is 5.73 Å². The van der Waals surface area contributed by atoms with Gasteiger partial charge in [0.15, 0.2) is 0 Å². The van der Waals surface area contributed by atoms with Gasteiger partial charge in [0.1, 0.15) is 17.0 Å². The van der Waals surface area contributed by atoms with Gasteiger partial charge in [-0.1, -0.05) is 12.1 Å². The summed E-state index contributed by atoms with van der Waals surface area (Å²) in [6.45, 7) is 1.73. The fourth-order valence-electron chi connectivity index (χ4n) is 1.59. The van der Waals surface area contributed by atoms with Gasteiger partial charge in [-0.05, 0) is 18.6 Å². The van der Waals surface area contributed by atoms with Crippen LogP contribution in [-0.4, -0.2) is 23.6 Å². The Labute approximate surface area is 104 Å². The van der Waals surface area contributed by atoms with Crippen molar-refractivity contribution in [2.24, 2.45) is 0 Å². The van der Waals surface area contributed by atoms with E-state index in [1.165, 1.54) is 6.33 Å². The highest BCUT2D eigenvalue weighted by Gasteiger charge is 2.19. The lowest BCUT2D eigenvalue weighted by atomic mass is 10.2. The number of aryl methyl sites for hydroxylation is 1. The van der Waals surface area contributed by atoms with Crippen molar-refractivity contribution in [3.8, 4) is 0 Å². The number of nitrogens with two attached hydrogens (primary N) is 1. The Morgan fingerprint density at radius 2 is 2.22 bits per heavy atom. The van der Waals surface area contributed by atoms with Crippen LogP contribution in [0, 0.1) is 6.92 Å². The number of hydrogen-bond acceptors (Lipinski definition) is 5. The number of nitrogen functional groups attached to an aromatic ring is 1. The molecule has 1 aromatic heterocycles. The van der Waals surface area contributed by atoms with Crippen molar-refractivity contribution < 1.29 is 8.42 Å². The molecule has 0 spiro atoms. The summed E-state index contributed by atoms with van der Waals surface area (Å²) >= 11 is 0. The lowest BCUT2D eigenvalue weighted by molar-refractivity contribution is 0.579. The van der Waals surface area contributed by atoms with Crippen LogP contribution in [0.1, 0.15) is 11.4 Å². The molecule has 0 saturated carbocycles. The fourth-order valence-corrected chi connectivity index (χ4v) is 2.94. The van der Waals surface area contributed by atoms with Gasteiger partial charge in [0.2, 0.25) is 10.0 Å². The monoisotopic (exact) mass is 267 g/mol. The molecule has 96 valence electrons. The quantitative estimate of drug-likeness (QED) is 0.683. The number of nitrogens with one attached hydrogen (secondary N) is 2. The fraction of sp³-hybridized carbons (Fsp3) is 0.200. The van der Waals surface area contributed by atoms with E-state index in [2.05, 4.69) is 19.9 Å². The van der Waals surface area contributed by atoms with Crippen molar-refractivity contribution in [1.82, 2.24) is 19.9 Å². The smallest absolute Gasteiger partial charge is 0.243 e. The molecule has 2 rings (SSSR count). The number of sulfonamides is 1. The third kappa shape index (κ3) is 2.49. The summed E-state index contributed by atoms with van der Waals surface area (Å²) in [4.78, 5) is 3.93. The first-order valence-electron chi connectivity index (χ1n) is 5.19. The maximum absolute atomic E-state index is 12.1. The molecular formula is C10H13N5O2S. The number of aromatic nitrogens is 3. The highest BCUT2D eigenvalue weighted by atomic mass is 32.2. The number of nitrogens with zero attached hydrogens (tertiary/aromatic N) is 2. The molecule has 0 radical (unpaired) electrons. The molecule has 1 aromatic carbocycles. The molecule has 0 bridgehead atoms. The molecule has 0 fully saturated rings. The molecule has 0 saturated heterocycles. The van der Waals surface area contributed by atoms with Crippen LogP contribution in [0.5, 0.6) is 0 Å². The van der Waals surface area contributed by atoms with Crippen molar-refractivity contribution in [3.05, 3.63) is 35.9 Å². The molecule has 7 nitrogen and oxygen atoms in total. The summed E-state index contributed by atoms with van der Waals surface area (Å²) in [5.41, 5.74) is 6.52. The van der Waals surface area contributed by atoms with Gasteiger partial charge in [-0.15, -0.1) is 0 Å². The molecule has 0 atom stereocenters.